The van der Waals surface area contributed by atoms with Gasteiger partial charge in [0.2, 0.25) is 5.91 Å². The van der Waals surface area contributed by atoms with Crippen molar-refractivity contribution in [1.82, 2.24) is 4.98 Å². The quantitative estimate of drug-likeness (QED) is 0.741. The molecule has 0 saturated heterocycles. The van der Waals surface area contributed by atoms with Crippen molar-refractivity contribution in [3.8, 4) is 5.75 Å². The van der Waals surface area contributed by atoms with Gasteiger partial charge in [-0.15, -0.1) is 13.2 Å². The molecule has 2 unspecified atom stereocenters. The zero-order valence-corrected chi connectivity index (χ0v) is 15.9. The van der Waals surface area contributed by atoms with E-state index in [4.69, 9.17) is 4.74 Å². The molecule has 0 saturated carbocycles. The number of ether oxygens (including phenoxy) is 1. The van der Waals surface area contributed by atoms with Crippen LogP contribution in [0.4, 0.5) is 24.7 Å². The van der Waals surface area contributed by atoms with Gasteiger partial charge in [-0.3, -0.25) is 14.5 Å². The summed E-state index contributed by atoms with van der Waals surface area (Å²) >= 11 is -3.15. The van der Waals surface area contributed by atoms with Crippen LogP contribution in [0.1, 0.15) is 13.3 Å². The smallest absolute Gasteiger partial charge is 0.578 e. The number of anilines is 2. The number of nitrogens with one attached hydrogen (secondary N) is 1. The third-order valence-electron chi connectivity index (χ3n) is 4.06. The highest BCUT2D eigenvalue weighted by Gasteiger charge is 2.46. The summed E-state index contributed by atoms with van der Waals surface area (Å²) in [6.45, 7) is 1.46. The van der Waals surface area contributed by atoms with Crippen LogP contribution in [0.5, 0.6) is 5.75 Å². The monoisotopic (exact) mass is 427 g/mol. The Labute approximate surface area is 167 Å². The molecule has 0 aliphatic carbocycles. The van der Waals surface area contributed by atoms with Gasteiger partial charge in [0, 0.05) is 6.20 Å². The Balaban J connectivity index is 1.77. The lowest BCUT2D eigenvalue weighted by atomic mass is 10.2. The maximum Gasteiger partial charge on any atom is 0.578 e. The molecule has 1 aromatic carbocycles. The molecule has 1 aromatic heterocycles. The summed E-state index contributed by atoms with van der Waals surface area (Å²) in [6, 6.07) is 7.71. The first-order valence-corrected chi connectivity index (χ1v) is 9.67. The highest BCUT2D eigenvalue weighted by atomic mass is 32.2. The summed E-state index contributed by atoms with van der Waals surface area (Å²) in [6.07, 6.45) is 0.738. The first-order valence-electron chi connectivity index (χ1n) is 8.52. The van der Waals surface area contributed by atoms with Gasteiger partial charge in [-0.25, -0.2) is 4.98 Å². The summed E-state index contributed by atoms with van der Waals surface area (Å²) in [5.74, 6) is -0.469. The van der Waals surface area contributed by atoms with Crippen LogP contribution in [0, 0.1) is 0 Å². The van der Waals surface area contributed by atoms with E-state index >= 15 is 0 Å². The van der Waals surface area contributed by atoms with Gasteiger partial charge >= 0.3 is 5.51 Å². The molecule has 3 rings (SSSR count). The highest BCUT2D eigenvalue weighted by molar-refractivity contribution is 7.92. The van der Waals surface area contributed by atoms with E-state index in [-0.39, 0.29) is 30.4 Å². The summed E-state index contributed by atoms with van der Waals surface area (Å²) in [4.78, 5) is 29.7. The van der Waals surface area contributed by atoms with Crippen LogP contribution in [0.3, 0.4) is 0 Å². The number of benzene rings is 1. The van der Waals surface area contributed by atoms with E-state index in [0.29, 0.717) is 5.69 Å². The fourth-order valence-corrected chi connectivity index (χ4v) is 3.37. The molecule has 2 amide bonds. The SMILES string of the molecule is CCC(Oc1ccc([S+]([O-])C(F)(F)F)cc1)C(=O)N1CC(=O)Nc2cccnc21. The van der Waals surface area contributed by atoms with Gasteiger partial charge in [-0.1, -0.05) is 6.92 Å². The second-order valence-electron chi connectivity index (χ2n) is 6.05. The van der Waals surface area contributed by atoms with Crippen molar-refractivity contribution < 1.29 is 32.0 Å². The maximum atomic E-state index is 12.9. The van der Waals surface area contributed by atoms with Gasteiger partial charge in [0.25, 0.3) is 5.91 Å². The van der Waals surface area contributed by atoms with E-state index in [0.717, 1.165) is 12.1 Å². The molecule has 7 nitrogen and oxygen atoms in total. The predicted molar refractivity (Wildman–Crippen MR) is 98.8 cm³/mol. The molecule has 2 heterocycles. The van der Waals surface area contributed by atoms with E-state index in [1.54, 1.807) is 19.1 Å². The Bertz CT molecular complexity index is 908. The number of carbonyl (C=O) groups excluding carboxylic acids is 2. The van der Waals surface area contributed by atoms with Crippen LogP contribution < -0.4 is 15.0 Å². The largest absolute Gasteiger partial charge is 0.604 e. The van der Waals surface area contributed by atoms with Gasteiger partial charge in [-0.05, 0) is 42.8 Å². The number of hydrogen-bond donors (Lipinski definition) is 1. The fourth-order valence-electron chi connectivity index (χ4n) is 2.72. The van der Waals surface area contributed by atoms with Crippen molar-refractivity contribution in [1.29, 1.82) is 0 Å². The van der Waals surface area contributed by atoms with E-state index < -0.39 is 33.6 Å². The van der Waals surface area contributed by atoms with Crippen molar-refractivity contribution in [2.24, 2.45) is 0 Å². The number of aromatic nitrogens is 1. The van der Waals surface area contributed by atoms with E-state index in [2.05, 4.69) is 10.3 Å². The minimum atomic E-state index is -4.86. The van der Waals surface area contributed by atoms with Crippen molar-refractivity contribution in [2.45, 2.75) is 29.9 Å². The lowest BCUT2D eigenvalue weighted by Gasteiger charge is -2.30. The topological polar surface area (TPSA) is 94.6 Å². The summed E-state index contributed by atoms with van der Waals surface area (Å²) in [5.41, 5.74) is -4.47. The van der Waals surface area contributed by atoms with Crippen molar-refractivity contribution in [2.75, 3.05) is 16.8 Å². The number of halogens is 3. The minimum absolute atomic E-state index is 0.135. The second kappa shape index (κ2) is 8.29. The van der Waals surface area contributed by atoms with Crippen LogP contribution in [0.2, 0.25) is 0 Å². The minimum Gasteiger partial charge on any atom is -0.604 e. The first kappa shape index (κ1) is 20.9. The van der Waals surface area contributed by atoms with Gasteiger partial charge in [0.05, 0.1) is 16.9 Å². The number of hydrogen-bond acceptors (Lipinski definition) is 5. The molecule has 2 aromatic rings. The fraction of sp³-hybridized carbons (Fsp3) is 0.278. The number of nitrogens with zero attached hydrogens (tertiary/aromatic N) is 2. The molecule has 0 spiro atoms. The summed E-state index contributed by atoms with van der Waals surface area (Å²) < 4.78 is 54.6. The highest BCUT2D eigenvalue weighted by Crippen LogP contribution is 2.31. The first-order chi connectivity index (χ1) is 13.7. The molecule has 1 aliphatic heterocycles. The second-order valence-corrected chi connectivity index (χ2v) is 7.52. The third-order valence-corrected chi connectivity index (χ3v) is 5.18. The van der Waals surface area contributed by atoms with Crippen molar-refractivity contribution in [3.63, 3.8) is 0 Å². The summed E-state index contributed by atoms with van der Waals surface area (Å²) in [5, 5.41) is 2.62. The molecule has 2 atom stereocenters. The van der Waals surface area contributed by atoms with E-state index in [1.165, 1.54) is 23.2 Å². The zero-order valence-electron chi connectivity index (χ0n) is 15.1. The van der Waals surface area contributed by atoms with Crippen molar-refractivity contribution in [3.05, 3.63) is 42.6 Å². The van der Waals surface area contributed by atoms with Crippen LogP contribution >= 0.6 is 0 Å². The van der Waals surface area contributed by atoms with Gasteiger partial charge in [-0.2, -0.15) is 0 Å². The van der Waals surface area contributed by atoms with Crippen molar-refractivity contribution >= 4 is 34.5 Å². The number of rotatable bonds is 5. The molecule has 0 radical (unpaired) electrons. The number of amides is 2. The average molecular weight is 427 g/mol. The number of pyridine rings is 1. The van der Waals surface area contributed by atoms with Crippen LogP contribution in [-0.2, 0) is 20.8 Å². The zero-order chi connectivity index (χ0) is 21.2. The molecule has 0 bridgehead atoms. The third kappa shape index (κ3) is 4.62. The lowest BCUT2D eigenvalue weighted by Crippen LogP contribution is -2.48. The molecule has 154 valence electrons. The average Bonchev–Trinajstić information content (AvgIpc) is 2.70. The van der Waals surface area contributed by atoms with Gasteiger partial charge in [0.1, 0.15) is 12.3 Å². The number of carbonyl (C=O) groups is 2. The Morgan fingerprint density at radius 1 is 1.34 bits per heavy atom. The van der Waals surface area contributed by atoms with Crippen LogP contribution in [0.15, 0.2) is 47.5 Å². The Morgan fingerprint density at radius 3 is 2.66 bits per heavy atom. The van der Waals surface area contributed by atoms with E-state index in [1.807, 2.05) is 0 Å². The van der Waals surface area contributed by atoms with Crippen LogP contribution in [0.25, 0.3) is 0 Å². The predicted octanol–water partition coefficient (Wildman–Crippen LogP) is 2.85. The normalized spacial score (nSPS) is 15.9. The number of alkyl halides is 3. The standard InChI is InChI=1S/C18H16F3N3O4S/c1-2-14(28-11-5-7-12(8-6-11)29(27)18(19,20)21)17(26)24-10-15(25)23-13-4-3-9-22-16(13)24/h3-9,14H,2,10H2,1H3,(H,23,25). The Morgan fingerprint density at radius 2 is 2.03 bits per heavy atom. The lowest BCUT2D eigenvalue weighted by molar-refractivity contribution is -0.127. The Kier molecular flexibility index (Phi) is 5.99. The molecule has 11 heteroatoms. The van der Waals surface area contributed by atoms with Crippen LogP contribution in [-0.4, -0.2) is 39.5 Å². The summed E-state index contributed by atoms with van der Waals surface area (Å²) in [7, 11) is 0. The molecule has 0 fully saturated rings. The maximum absolute atomic E-state index is 12.9. The Hall–Kier alpha value is -2.79. The molecular formula is C18H16F3N3O4S. The molecular weight excluding hydrogens is 411 g/mol. The molecule has 29 heavy (non-hydrogen) atoms. The van der Waals surface area contributed by atoms with E-state index in [9.17, 15) is 27.3 Å². The van der Waals surface area contributed by atoms with Gasteiger partial charge < -0.3 is 14.6 Å². The molecule has 1 N–H and O–H groups in total. The van der Waals surface area contributed by atoms with Gasteiger partial charge in [0.15, 0.2) is 16.8 Å². The number of fused-ring (bicyclic) bond motifs is 1. The molecule has 1 aliphatic rings.